The van der Waals surface area contributed by atoms with Gasteiger partial charge in [0.2, 0.25) is 11.8 Å². The van der Waals surface area contributed by atoms with Gasteiger partial charge in [0.25, 0.3) is 0 Å². The summed E-state index contributed by atoms with van der Waals surface area (Å²) in [6.07, 6.45) is -0.349. The second kappa shape index (κ2) is 4.85. The molecule has 0 fully saturated rings. The zero-order valence-electron chi connectivity index (χ0n) is 11.4. The van der Waals surface area contributed by atoms with Gasteiger partial charge in [0.05, 0.1) is 6.17 Å². The maximum Gasteiger partial charge on any atom is 0.226 e. The predicted molar refractivity (Wildman–Crippen MR) is 64.7 cm³/mol. The van der Waals surface area contributed by atoms with E-state index in [1.807, 2.05) is 41.5 Å². The molecule has 2 N–H and O–H groups in total. The van der Waals surface area contributed by atoms with Crippen molar-refractivity contribution in [3.8, 4) is 0 Å². The SMILES string of the molecule is CC(NC(=O)C(C)(C)C)NC(=O)C(C)(C)C. The van der Waals surface area contributed by atoms with Crippen molar-refractivity contribution in [3.63, 3.8) is 0 Å². The van der Waals surface area contributed by atoms with Gasteiger partial charge < -0.3 is 10.6 Å². The number of nitrogens with one attached hydrogen (secondary N) is 2. The molecular weight excluding hydrogens is 204 g/mol. The molecule has 0 heterocycles. The maximum absolute atomic E-state index is 11.6. The molecule has 2 amide bonds. The minimum Gasteiger partial charge on any atom is -0.336 e. The van der Waals surface area contributed by atoms with E-state index in [0.717, 1.165) is 0 Å². The van der Waals surface area contributed by atoms with Crippen LogP contribution >= 0.6 is 0 Å². The summed E-state index contributed by atoms with van der Waals surface area (Å²) in [4.78, 5) is 23.3. The molecule has 0 aromatic carbocycles. The van der Waals surface area contributed by atoms with E-state index in [0.29, 0.717) is 0 Å². The summed E-state index contributed by atoms with van der Waals surface area (Å²) in [5, 5.41) is 5.50. The summed E-state index contributed by atoms with van der Waals surface area (Å²) < 4.78 is 0. The monoisotopic (exact) mass is 228 g/mol. The molecule has 0 saturated carbocycles. The van der Waals surface area contributed by atoms with Crippen LogP contribution in [-0.4, -0.2) is 18.0 Å². The third kappa shape index (κ3) is 5.14. The van der Waals surface area contributed by atoms with E-state index in [1.54, 1.807) is 6.92 Å². The minimum atomic E-state index is -0.444. The maximum atomic E-state index is 11.6. The highest BCUT2D eigenvalue weighted by molar-refractivity contribution is 5.84. The molecule has 0 rings (SSSR count). The zero-order chi connectivity index (χ0) is 13.1. The largest absolute Gasteiger partial charge is 0.336 e. The lowest BCUT2D eigenvalue weighted by Crippen LogP contribution is -2.51. The van der Waals surface area contributed by atoms with Crippen molar-refractivity contribution in [2.45, 2.75) is 54.6 Å². The van der Waals surface area contributed by atoms with Gasteiger partial charge in [-0.1, -0.05) is 41.5 Å². The Bertz CT molecular complexity index is 244. The molecule has 4 nitrogen and oxygen atoms in total. The smallest absolute Gasteiger partial charge is 0.226 e. The second-order valence-electron chi connectivity index (χ2n) is 6.17. The first-order chi connectivity index (χ1) is 6.94. The van der Waals surface area contributed by atoms with Crippen molar-refractivity contribution < 1.29 is 9.59 Å². The van der Waals surface area contributed by atoms with Gasteiger partial charge in [-0.15, -0.1) is 0 Å². The Morgan fingerprint density at radius 3 is 1.25 bits per heavy atom. The van der Waals surface area contributed by atoms with Gasteiger partial charge in [-0.2, -0.15) is 0 Å². The highest BCUT2D eigenvalue weighted by atomic mass is 16.2. The van der Waals surface area contributed by atoms with Crippen LogP contribution in [-0.2, 0) is 9.59 Å². The average Bonchev–Trinajstić information content (AvgIpc) is 1.99. The third-order valence-corrected chi connectivity index (χ3v) is 2.06. The molecule has 0 atom stereocenters. The highest BCUT2D eigenvalue weighted by Crippen LogP contribution is 2.14. The van der Waals surface area contributed by atoms with E-state index in [9.17, 15) is 9.59 Å². The van der Waals surface area contributed by atoms with Crippen LogP contribution in [0.25, 0.3) is 0 Å². The third-order valence-electron chi connectivity index (χ3n) is 2.06. The number of amides is 2. The quantitative estimate of drug-likeness (QED) is 0.706. The molecule has 0 bridgehead atoms. The van der Waals surface area contributed by atoms with Gasteiger partial charge in [0.15, 0.2) is 0 Å². The molecule has 0 aliphatic carbocycles. The van der Waals surface area contributed by atoms with E-state index in [2.05, 4.69) is 10.6 Å². The standard InChI is InChI=1S/C12H24N2O2/c1-8(13-9(15)11(2,3)4)14-10(16)12(5,6)7/h8H,1-7H3,(H,13,15)(H,14,16). The average molecular weight is 228 g/mol. The Labute approximate surface area is 98.2 Å². The van der Waals surface area contributed by atoms with Crippen LogP contribution in [0.15, 0.2) is 0 Å². The van der Waals surface area contributed by atoms with Gasteiger partial charge in [-0.3, -0.25) is 9.59 Å². The Balaban J connectivity index is 4.26. The van der Waals surface area contributed by atoms with E-state index in [4.69, 9.17) is 0 Å². The summed E-state index contributed by atoms with van der Waals surface area (Å²) in [6, 6.07) is 0. The summed E-state index contributed by atoms with van der Waals surface area (Å²) in [5.74, 6) is -0.150. The second-order valence-corrected chi connectivity index (χ2v) is 6.17. The van der Waals surface area contributed by atoms with Crippen molar-refractivity contribution in [2.75, 3.05) is 0 Å². The van der Waals surface area contributed by atoms with Crippen molar-refractivity contribution in [1.82, 2.24) is 10.6 Å². The van der Waals surface area contributed by atoms with Crippen LogP contribution in [0.5, 0.6) is 0 Å². The fraction of sp³-hybridized carbons (Fsp3) is 0.833. The van der Waals surface area contributed by atoms with Crippen molar-refractivity contribution >= 4 is 11.8 Å². The van der Waals surface area contributed by atoms with Crippen LogP contribution in [0.3, 0.4) is 0 Å². The molecule has 16 heavy (non-hydrogen) atoms. The molecular formula is C12H24N2O2. The topological polar surface area (TPSA) is 58.2 Å². The molecule has 0 saturated heterocycles. The Hall–Kier alpha value is -1.06. The minimum absolute atomic E-state index is 0.0748. The Morgan fingerprint density at radius 1 is 0.812 bits per heavy atom. The predicted octanol–water partition coefficient (Wildman–Crippen LogP) is 1.66. The van der Waals surface area contributed by atoms with Gasteiger partial charge in [-0.25, -0.2) is 0 Å². The van der Waals surface area contributed by atoms with Crippen LogP contribution in [0.1, 0.15) is 48.5 Å². The van der Waals surface area contributed by atoms with Gasteiger partial charge >= 0.3 is 0 Å². The molecule has 0 aromatic rings. The molecule has 0 aliphatic heterocycles. The lowest BCUT2D eigenvalue weighted by atomic mass is 9.95. The van der Waals surface area contributed by atoms with Crippen LogP contribution in [0, 0.1) is 10.8 Å². The fourth-order valence-electron chi connectivity index (χ4n) is 0.862. The molecule has 4 heteroatoms. The lowest BCUT2D eigenvalue weighted by Gasteiger charge is -2.25. The number of carbonyl (C=O) groups excluding carboxylic acids is 2. The van der Waals surface area contributed by atoms with Gasteiger partial charge in [0.1, 0.15) is 0 Å². The normalized spacial score (nSPS) is 12.5. The molecule has 0 unspecified atom stereocenters. The van der Waals surface area contributed by atoms with Crippen molar-refractivity contribution in [3.05, 3.63) is 0 Å². The molecule has 0 aromatic heterocycles. The van der Waals surface area contributed by atoms with Crippen molar-refractivity contribution in [2.24, 2.45) is 10.8 Å². The Morgan fingerprint density at radius 2 is 1.06 bits per heavy atom. The first kappa shape index (κ1) is 14.9. The van der Waals surface area contributed by atoms with Crippen LogP contribution in [0.2, 0.25) is 0 Å². The van der Waals surface area contributed by atoms with Gasteiger partial charge in [-0.05, 0) is 6.92 Å². The number of carbonyl (C=O) groups is 2. The number of hydrogen-bond acceptors (Lipinski definition) is 2. The summed E-state index contributed by atoms with van der Waals surface area (Å²) in [7, 11) is 0. The summed E-state index contributed by atoms with van der Waals surface area (Å²) in [6.45, 7) is 12.8. The van der Waals surface area contributed by atoms with Crippen molar-refractivity contribution in [1.29, 1.82) is 0 Å². The van der Waals surface area contributed by atoms with E-state index in [-0.39, 0.29) is 18.0 Å². The first-order valence-electron chi connectivity index (χ1n) is 5.56. The van der Waals surface area contributed by atoms with E-state index < -0.39 is 10.8 Å². The molecule has 0 aliphatic rings. The zero-order valence-corrected chi connectivity index (χ0v) is 11.4. The number of hydrogen-bond donors (Lipinski definition) is 2. The van der Waals surface area contributed by atoms with Gasteiger partial charge in [0, 0.05) is 10.8 Å². The highest BCUT2D eigenvalue weighted by Gasteiger charge is 2.26. The fourth-order valence-corrected chi connectivity index (χ4v) is 0.862. The number of rotatable bonds is 2. The first-order valence-corrected chi connectivity index (χ1v) is 5.56. The summed E-state index contributed by atoms with van der Waals surface area (Å²) in [5.41, 5.74) is -0.887. The Kier molecular flexibility index (Phi) is 4.53. The molecule has 94 valence electrons. The molecule has 0 spiro atoms. The van der Waals surface area contributed by atoms with Crippen LogP contribution in [0.4, 0.5) is 0 Å². The summed E-state index contributed by atoms with van der Waals surface area (Å²) >= 11 is 0. The van der Waals surface area contributed by atoms with E-state index >= 15 is 0 Å². The molecule has 0 radical (unpaired) electrons. The van der Waals surface area contributed by atoms with E-state index in [1.165, 1.54) is 0 Å². The van der Waals surface area contributed by atoms with Crippen LogP contribution < -0.4 is 10.6 Å². The lowest BCUT2D eigenvalue weighted by molar-refractivity contribution is -0.132.